The summed E-state index contributed by atoms with van der Waals surface area (Å²) in [7, 11) is 0. The minimum atomic E-state index is -1.25. The summed E-state index contributed by atoms with van der Waals surface area (Å²) in [4.78, 5) is 25.6. The molecule has 0 saturated carbocycles. The Bertz CT molecular complexity index is 613. The normalized spacial score (nSPS) is 15.3. The lowest BCUT2D eigenvalue weighted by molar-refractivity contribution is -0.132. The van der Waals surface area contributed by atoms with Gasteiger partial charge in [-0.25, -0.2) is 18.0 Å². The van der Waals surface area contributed by atoms with Gasteiger partial charge in [0.25, 0.3) is 0 Å². The quantitative estimate of drug-likeness (QED) is 0.813. The van der Waals surface area contributed by atoms with Crippen molar-refractivity contribution < 1.29 is 22.8 Å². The number of urea groups is 1. The van der Waals surface area contributed by atoms with Crippen LogP contribution in [-0.4, -0.2) is 40.8 Å². The van der Waals surface area contributed by atoms with Gasteiger partial charge in [0, 0.05) is 25.2 Å². The van der Waals surface area contributed by atoms with Crippen LogP contribution in [0.2, 0.25) is 0 Å². The third kappa shape index (κ3) is 4.56. The smallest absolute Gasteiger partial charge is 0.332 e. The van der Waals surface area contributed by atoms with Crippen LogP contribution in [0.1, 0.15) is 19.8 Å². The Balaban J connectivity index is 1.94. The van der Waals surface area contributed by atoms with E-state index in [0.29, 0.717) is 31.1 Å². The Morgan fingerprint density at radius 1 is 1.25 bits per heavy atom. The summed E-state index contributed by atoms with van der Waals surface area (Å²) < 4.78 is 40.6. The third-order valence-electron chi connectivity index (χ3n) is 3.89. The number of amides is 3. The van der Waals surface area contributed by atoms with Crippen molar-refractivity contribution in [2.45, 2.75) is 19.8 Å². The van der Waals surface area contributed by atoms with Crippen molar-refractivity contribution in [2.24, 2.45) is 5.92 Å². The largest absolute Gasteiger partial charge is 0.341 e. The highest BCUT2D eigenvalue weighted by molar-refractivity contribution is 7.78. The fourth-order valence-electron chi connectivity index (χ4n) is 2.39. The number of thiol groups is 1. The number of rotatable bonds is 3. The molecule has 0 radical (unpaired) electrons. The highest BCUT2D eigenvalue weighted by Crippen LogP contribution is 2.21. The lowest BCUT2D eigenvalue weighted by Gasteiger charge is -2.31. The summed E-state index contributed by atoms with van der Waals surface area (Å²) in [6.07, 6.45) is 1.77. The van der Waals surface area contributed by atoms with E-state index in [1.54, 1.807) is 4.90 Å². The Morgan fingerprint density at radius 3 is 2.33 bits per heavy atom. The van der Waals surface area contributed by atoms with Crippen molar-refractivity contribution >= 4 is 30.4 Å². The van der Waals surface area contributed by atoms with Gasteiger partial charge in [0.2, 0.25) is 5.91 Å². The monoisotopic (exact) mass is 361 g/mol. The van der Waals surface area contributed by atoms with Crippen molar-refractivity contribution in [2.75, 3.05) is 25.0 Å². The number of benzene rings is 1. The summed E-state index contributed by atoms with van der Waals surface area (Å²) in [5.41, 5.74) is -0.792. The number of anilines is 1. The molecule has 0 aliphatic carbocycles. The fraction of sp³-hybridized carbons (Fsp3) is 0.467. The van der Waals surface area contributed by atoms with Crippen molar-refractivity contribution in [3.05, 3.63) is 29.6 Å². The summed E-state index contributed by atoms with van der Waals surface area (Å²) >= 11 is 3.88. The highest BCUT2D eigenvalue weighted by Gasteiger charge is 2.24. The molecule has 1 heterocycles. The number of hydrogen-bond acceptors (Lipinski definition) is 3. The number of carbonyl (C=O) groups is 2. The van der Waals surface area contributed by atoms with E-state index in [9.17, 15) is 22.8 Å². The van der Waals surface area contributed by atoms with Crippen LogP contribution in [0.5, 0.6) is 0 Å². The van der Waals surface area contributed by atoms with Crippen molar-refractivity contribution in [3.8, 4) is 0 Å². The Hall–Kier alpha value is -1.90. The highest BCUT2D eigenvalue weighted by atomic mass is 32.1. The molecule has 0 bridgehead atoms. The van der Waals surface area contributed by atoms with Crippen LogP contribution in [0.4, 0.5) is 23.7 Å². The van der Waals surface area contributed by atoms with Crippen molar-refractivity contribution in [1.82, 2.24) is 9.21 Å². The second-order valence-corrected chi connectivity index (χ2v) is 6.28. The Labute approximate surface area is 143 Å². The molecule has 0 aromatic heterocycles. The van der Waals surface area contributed by atoms with Gasteiger partial charge in [-0.2, -0.15) is 0 Å². The van der Waals surface area contributed by atoms with Gasteiger partial charge in [-0.1, -0.05) is 19.7 Å². The zero-order chi connectivity index (χ0) is 17.9. The lowest BCUT2D eigenvalue weighted by Crippen LogP contribution is -2.44. The van der Waals surface area contributed by atoms with Crippen LogP contribution in [0, 0.1) is 23.4 Å². The zero-order valence-electron chi connectivity index (χ0n) is 13.1. The average molecular weight is 361 g/mol. The van der Waals surface area contributed by atoms with Crippen LogP contribution in [0.3, 0.4) is 0 Å². The second-order valence-electron chi connectivity index (χ2n) is 5.80. The maximum atomic E-state index is 13.5. The van der Waals surface area contributed by atoms with Crippen molar-refractivity contribution in [3.63, 3.8) is 0 Å². The van der Waals surface area contributed by atoms with E-state index in [-0.39, 0.29) is 12.5 Å². The van der Waals surface area contributed by atoms with Crippen LogP contribution in [0.25, 0.3) is 0 Å². The first kappa shape index (κ1) is 18.4. The first-order chi connectivity index (χ1) is 11.3. The molecule has 0 atom stereocenters. The lowest BCUT2D eigenvalue weighted by atomic mass is 9.99. The van der Waals surface area contributed by atoms with Gasteiger partial charge in [0.1, 0.15) is 18.0 Å². The second kappa shape index (κ2) is 7.78. The molecule has 5 nitrogen and oxygen atoms in total. The molecule has 1 aromatic carbocycles. The minimum Gasteiger partial charge on any atom is -0.341 e. The SMILES string of the molecule is CC1CCN(C(=O)CN(S)C(=O)Nc2c(F)cc(F)cc2F)CC1. The third-order valence-corrected chi connectivity index (χ3v) is 4.22. The van der Waals surface area contributed by atoms with E-state index < -0.39 is 29.2 Å². The standard InChI is InChI=1S/C15H18F3N3O2S/c1-9-2-4-20(5-3-9)13(22)8-21(24)15(23)19-14-11(17)6-10(16)7-12(14)18/h6-7,9,24H,2-5,8H2,1H3,(H,19,23). The number of carbonyl (C=O) groups excluding carboxylic acids is 2. The summed E-state index contributed by atoms with van der Waals surface area (Å²) in [6, 6.07) is -0.0927. The molecule has 2 rings (SSSR count). The molecule has 1 aliphatic rings. The van der Waals surface area contributed by atoms with Gasteiger partial charge >= 0.3 is 6.03 Å². The predicted molar refractivity (Wildman–Crippen MR) is 86.0 cm³/mol. The predicted octanol–water partition coefficient (Wildman–Crippen LogP) is 3.04. The van der Waals surface area contributed by atoms with Crippen molar-refractivity contribution in [1.29, 1.82) is 0 Å². The van der Waals surface area contributed by atoms with Gasteiger partial charge in [0.15, 0.2) is 11.6 Å². The minimum absolute atomic E-state index is 0.299. The molecule has 1 aliphatic heterocycles. The first-order valence-electron chi connectivity index (χ1n) is 7.47. The topological polar surface area (TPSA) is 52.7 Å². The molecular weight excluding hydrogens is 343 g/mol. The Kier molecular flexibility index (Phi) is 5.98. The molecule has 0 spiro atoms. The van der Waals surface area contributed by atoms with Gasteiger partial charge in [-0.05, 0) is 18.8 Å². The molecule has 1 aromatic rings. The summed E-state index contributed by atoms with van der Waals surface area (Å²) in [5, 5.41) is 1.94. The van der Waals surface area contributed by atoms with E-state index >= 15 is 0 Å². The maximum absolute atomic E-state index is 13.5. The van der Waals surface area contributed by atoms with E-state index in [1.165, 1.54) is 0 Å². The van der Waals surface area contributed by atoms with Crippen LogP contribution in [-0.2, 0) is 4.79 Å². The van der Waals surface area contributed by atoms with E-state index in [4.69, 9.17) is 0 Å². The molecule has 9 heteroatoms. The number of nitrogens with zero attached hydrogens (tertiary/aromatic N) is 2. The van der Waals surface area contributed by atoms with E-state index in [1.807, 2.05) is 5.32 Å². The molecule has 24 heavy (non-hydrogen) atoms. The number of likely N-dealkylation sites (tertiary alicyclic amines) is 1. The fourth-order valence-corrected chi connectivity index (χ4v) is 2.56. The van der Waals surface area contributed by atoms with Gasteiger partial charge in [-0.3, -0.25) is 9.10 Å². The van der Waals surface area contributed by atoms with Crippen LogP contribution >= 0.6 is 12.8 Å². The maximum Gasteiger partial charge on any atom is 0.332 e. The summed E-state index contributed by atoms with van der Waals surface area (Å²) in [5.74, 6) is -3.35. The zero-order valence-corrected chi connectivity index (χ0v) is 14.0. The summed E-state index contributed by atoms with van der Waals surface area (Å²) in [6.45, 7) is 2.97. The van der Waals surface area contributed by atoms with Gasteiger partial charge in [-0.15, -0.1) is 0 Å². The van der Waals surface area contributed by atoms with Gasteiger partial charge in [0.05, 0.1) is 0 Å². The molecule has 3 amide bonds. The number of piperidine rings is 1. The van der Waals surface area contributed by atoms with E-state index in [2.05, 4.69) is 19.7 Å². The molecule has 132 valence electrons. The molecule has 1 N–H and O–H groups in total. The molecular formula is C15H18F3N3O2S. The van der Waals surface area contributed by atoms with Crippen LogP contribution < -0.4 is 5.32 Å². The molecule has 1 saturated heterocycles. The van der Waals surface area contributed by atoms with Crippen LogP contribution in [0.15, 0.2) is 12.1 Å². The molecule has 0 unspecified atom stereocenters. The van der Waals surface area contributed by atoms with E-state index in [0.717, 1.165) is 17.1 Å². The number of halogens is 3. The molecule has 1 fully saturated rings. The Morgan fingerprint density at radius 2 is 1.79 bits per heavy atom. The number of hydrogen-bond donors (Lipinski definition) is 2. The van der Waals surface area contributed by atoms with Gasteiger partial charge < -0.3 is 10.2 Å². The number of nitrogens with one attached hydrogen (secondary N) is 1. The first-order valence-corrected chi connectivity index (χ1v) is 7.87. The average Bonchev–Trinajstić information content (AvgIpc) is 2.51.